The number of benzene rings is 1. The van der Waals surface area contributed by atoms with Crippen LogP contribution in [0.1, 0.15) is 30.9 Å². The van der Waals surface area contributed by atoms with Crippen molar-refractivity contribution in [2.75, 3.05) is 0 Å². The molecule has 0 radical (unpaired) electrons. The monoisotopic (exact) mass is 264 g/mol. The van der Waals surface area contributed by atoms with Gasteiger partial charge in [0.05, 0.1) is 12.5 Å². The van der Waals surface area contributed by atoms with Gasteiger partial charge in [-0.2, -0.15) is 0 Å². The Hall–Kier alpha value is -1.88. The maximum Gasteiger partial charge on any atom is 0.307 e. The Labute approximate surface area is 112 Å². The van der Waals surface area contributed by atoms with Crippen molar-refractivity contribution in [1.29, 1.82) is 0 Å². The van der Waals surface area contributed by atoms with Crippen LogP contribution in [-0.4, -0.2) is 23.0 Å². The van der Waals surface area contributed by atoms with E-state index in [9.17, 15) is 9.59 Å². The molecule has 0 aromatic heterocycles. The Balaban J connectivity index is 2.62. The highest BCUT2D eigenvalue weighted by molar-refractivity contribution is 5.81. The van der Waals surface area contributed by atoms with Crippen LogP contribution >= 0.6 is 0 Å². The van der Waals surface area contributed by atoms with E-state index in [0.717, 1.165) is 12.0 Å². The highest BCUT2D eigenvalue weighted by Crippen LogP contribution is 2.09. The van der Waals surface area contributed by atoms with Gasteiger partial charge in [-0.25, -0.2) is 0 Å². The summed E-state index contributed by atoms with van der Waals surface area (Å²) in [5, 5.41) is 11.6. The first kappa shape index (κ1) is 15.2. The number of carboxylic acid groups (broad SMARTS) is 1. The normalized spacial score (nSPS) is 11.9. The predicted octanol–water partition coefficient (Wildman–Crippen LogP) is 1.06. The lowest BCUT2D eigenvalue weighted by molar-refractivity contribution is -0.136. The van der Waals surface area contributed by atoms with Gasteiger partial charge in [0.25, 0.3) is 0 Å². The van der Waals surface area contributed by atoms with Crippen LogP contribution in [0.5, 0.6) is 0 Å². The fraction of sp³-hybridized carbons (Fsp3) is 0.429. The number of carbonyl (C=O) groups is 2. The number of rotatable bonds is 7. The average molecular weight is 264 g/mol. The zero-order valence-corrected chi connectivity index (χ0v) is 11.1. The van der Waals surface area contributed by atoms with Crippen molar-refractivity contribution in [3.05, 3.63) is 35.4 Å². The van der Waals surface area contributed by atoms with Crippen LogP contribution in [0.4, 0.5) is 0 Å². The molecule has 0 saturated carbocycles. The molecule has 0 spiro atoms. The molecule has 104 valence electrons. The minimum absolute atomic E-state index is 0.0486. The van der Waals surface area contributed by atoms with Gasteiger partial charge in [0.1, 0.15) is 0 Å². The summed E-state index contributed by atoms with van der Waals surface area (Å²) in [6, 6.07) is 6.66. The number of carboxylic acids is 1. The van der Waals surface area contributed by atoms with E-state index < -0.39 is 12.0 Å². The molecule has 4 N–H and O–H groups in total. The highest BCUT2D eigenvalue weighted by Gasteiger charge is 2.12. The molecule has 0 aliphatic carbocycles. The Morgan fingerprint density at radius 1 is 1.32 bits per heavy atom. The lowest BCUT2D eigenvalue weighted by Crippen LogP contribution is -2.40. The summed E-state index contributed by atoms with van der Waals surface area (Å²) in [6.45, 7) is 2.27. The smallest absolute Gasteiger partial charge is 0.307 e. The van der Waals surface area contributed by atoms with E-state index in [1.54, 1.807) is 12.1 Å². The van der Waals surface area contributed by atoms with Crippen LogP contribution in [0.2, 0.25) is 0 Å². The summed E-state index contributed by atoms with van der Waals surface area (Å²) in [6.07, 6.45) is 1.44. The molecule has 5 nitrogen and oxygen atoms in total. The van der Waals surface area contributed by atoms with Crippen molar-refractivity contribution in [3.63, 3.8) is 0 Å². The van der Waals surface area contributed by atoms with Crippen LogP contribution in [0.3, 0.4) is 0 Å². The molecule has 1 amide bonds. The maximum atomic E-state index is 11.7. The first-order valence-corrected chi connectivity index (χ1v) is 6.36. The molecule has 0 bridgehead atoms. The Kier molecular flexibility index (Phi) is 6.02. The summed E-state index contributed by atoms with van der Waals surface area (Å²) >= 11 is 0. The molecule has 0 aliphatic rings. The number of carbonyl (C=O) groups excluding carboxylic acids is 1. The number of hydrogen-bond acceptors (Lipinski definition) is 3. The van der Waals surface area contributed by atoms with Crippen molar-refractivity contribution >= 4 is 11.9 Å². The van der Waals surface area contributed by atoms with Crippen molar-refractivity contribution < 1.29 is 14.7 Å². The van der Waals surface area contributed by atoms with E-state index in [-0.39, 0.29) is 12.3 Å². The summed E-state index contributed by atoms with van der Waals surface area (Å²) in [5.74, 6) is -1.09. The molecule has 19 heavy (non-hydrogen) atoms. The number of aliphatic carboxylic acids is 1. The molecule has 0 aliphatic heterocycles. The predicted molar refractivity (Wildman–Crippen MR) is 72.5 cm³/mol. The zero-order valence-electron chi connectivity index (χ0n) is 11.1. The lowest BCUT2D eigenvalue weighted by atomic mass is 10.0. The third kappa shape index (κ3) is 5.09. The summed E-state index contributed by atoms with van der Waals surface area (Å²) in [5.41, 5.74) is 7.22. The van der Waals surface area contributed by atoms with Crippen LogP contribution < -0.4 is 11.1 Å². The standard InChI is InChI=1S/C14H20N2O3/c1-2-5-12(15)14(19)16-9-11-7-4-3-6-10(11)8-13(17)18/h3-4,6-7,12H,2,5,8-9,15H2,1H3,(H,16,19)(H,17,18)/t12-/m1/s1. The van der Waals surface area contributed by atoms with E-state index in [0.29, 0.717) is 18.5 Å². The molecular weight excluding hydrogens is 244 g/mol. The van der Waals surface area contributed by atoms with E-state index in [1.807, 2.05) is 19.1 Å². The van der Waals surface area contributed by atoms with Gasteiger partial charge in [-0.15, -0.1) is 0 Å². The first-order chi connectivity index (χ1) is 9.04. The third-order valence-corrected chi connectivity index (χ3v) is 2.85. The largest absolute Gasteiger partial charge is 0.481 e. The molecular formula is C14H20N2O3. The van der Waals surface area contributed by atoms with E-state index in [4.69, 9.17) is 10.8 Å². The second kappa shape index (κ2) is 7.53. The number of nitrogens with two attached hydrogens (primary N) is 1. The van der Waals surface area contributed by atoms with Gasteiger partial charge in [0, 0.05) is 6.54 Å². The molecule has 1 aromatic rings. The number of amides is 1. The minimum atomic E-state index is -0.888. The van der Waals surface area contributed by atoms with Gasteiger partial charge >= 0.3 is 5.97 Å². The molecule has 1 rings (SSSR count). The van der Waals surface area contributed by atoms with Crippen LogP contribution in [-0.2, 0) is 22.6 Å². The van der Waals surface area contributed by atoms with Crippen LogP contribution in [0.25, 0.3) is 0 Å². The average Bonchev–Trinajstić information content (AvgIpc) is 2.37. The molecule has 1 atom stereocenters. The molecule has 1 aromatic carbocycles. The summed E-state index contributed by atoms with van der Waals surface area (Å²) in [7, 11) is 0. The molecule has 0 fully saturated rings. The molecule has 5 heteroatoms. The van der Waals surface area contributed by atoms with Crippen LogP contribution in [0, 0.1) is 0 Å². The Morgan fingerprint density at radius 3 is 2.53 bits per heavy atom. The van der Waals surface area contributed by atoms with E-state index >= 15 is 0 Å². The molecule has 0 heterocycles. The van der Waals surface area contributed by atoms with Crippen molar-refractivity contribution in [1.82, 2.24) is 5.32 Å². The zero-order chi connectivity index (χ0) is 14.3. The number of hydrogen-bond donors (Lipinski definition) is 3. The van der Waals surface area contributed by atoms with Crippen LogP contribution in [0.15, 0.2) is 24.3 Å². The van der Waals surface area contributed by atoms with Gasteiger partial charge in [-0.1, -0.05) is 37.6 Å². The van der Waals surface area contributed by atoms with Gasteiger partial charge in [-0.05, 0) is 17.5 Å². The molecule has 0 unspecified atom stereocenters. The van der Waals surface area contributed by atoms with Crippen molar-refractivity contribution in [2.45, 2.75) is 38.8 Å². The van der Waals surface area contributed by atoms with Gasteiger partial charge in [0.2, 0.25) is 5.91 Å². The Morgan fingerprint density at radius 2 is 1.95 bits per heavy atom. The Bertz CT molecular complexity index is 446. The van der Waals surface area contributed by atoms with Gasteiger partial charge in [-0.3, -0.25) is 9.59 Å². The lowest BCUT2D eigenvalue weighted by Gasteiger charge is -2.13. The fourth-order valence-corrected chi connectivity index (χ4v) is 1.82. The summed E-state index contributed by atoms with van der Waals surface area (Å²) < 4.78 is 0. The van der Waals surface area contributed by atoms with E-state index in [2.05, 4.69) is 5.32 Å². The first-order valence-electron chi connectivity index (χ1n) is 6.36. The van der Waals surface area contributed by atoms with Crippen molar-refractivity contribution in [3.8, 4) is 0 Å². The minimum Gasteiger partial charge on any atom is -0.481 e. The third-order valence-electron chi connectivity index (χ3n) is 2.85. The topological polar surface area (TPSA) is 92.4 Å². The highest BCUT2D eigenvalue weighted by atomic mass is 16.4. The van der Waals surface area contributed by atoms with Gasteiger partial charge < -0.3 is 16.2 Å². The molecule has 0 saturated heterocycles. The fourth-order valence-electron chi connectivity index (χ4n) is 1.82. The summed E-state index contributed by atoms with van der Waals surface area (Å²) in [4.78, 5) is 22.4. The van der Waals surface area contributed by atoms with Crippen molar-refractivity contribution in [2.24, 2.45) is 5.73 Å². The number of nitrogens with one attached hydrogen (secondary N) is 1. The second-order valence-corrected chi connectivity index (χ2v) is 4.45. The maximum absolute atomic E-state index is 11.7. The second-order valence-electron chi connectivity index (χ2n) is 4.45. The SMILES string of the molecule is CCC[C@@H](N)C(=O)NCc1ccccc1CC(=O)O. The quantitative estimate of drug-likeness (QED) is 0.686. The van der Waals surface area contributed by atoms with Gasteiger partial charge in [0.15, 0.2) is 0 Å². The van der Waals surface area contributed by atoms with E-state index in [1.165, 1.54) is 0 Å².